The Labute approximate surface area is 126 Å². The van der Waals surface area contributed by atoms with Crippen molar-refractivity contribution in [2.24, 2.45) is 0 Å². The molecule has 0 aliphatic rings. The number of ether oxygens (including phenoxy) is 1. The van der Waals surface area contributed by atoms with E-state index >= 15 is 0 Å². The summed E-state index contributed by atoms with van der Waals surface area (Å²) in [4.78, 5) is 19.6. The lowest BCUT2D eigenvalue weighted by Gasteiger charge is -2.10. The number of esters is 1. The molecular formula is C15H26N4O2. The summed E-state index contributed by atoms with van der Waals surface area (Å²) in [7, 11) is 0. The third-order valence-electron chi connectivity index (χ3n) is 3.09. The maximum Gasteiger partial charge on any atom is 0.305 e. The van der Waals surface area contributed by atoms with Gasteiger partial charge in [-0.1, -0.05) is 13.3 Å². The number of hydrogen-bond acceptors (Lipinski definition) is 6. The molecule has 1 aromatic heterocycles. The SMILES string of the molecule is CCCCNc1nc(N)ncc1CCCCC(=O)OCC. The molecule has 0 unspecified atom stereocenters. The highest BCUT2D eigenvalue weighted by Crippen LogP contribution is 2.16. The average molecular weight is 294 g/mol. The molecule has 118 valence electrons. The maximum atomic E-state index is 11.3. The number of nitrogen functional groups attached to an aromatic ring is 1. The van der Waals surface area contributed by atoms with Crippen molar-refractivity contribution in [2.75, 3.05) is 24.2 Å². The summed E-state index contributed by atoms with van der Waals surface area (Å²) in [5.74, 6) is 0.962. The van der Waals surface area contributed by atoms with Gasteiger partial charge < -0.3 is 15.8 Å². The van der Waals surface area contributed by atoms with Crippen molar-refractivity contribution >= 4 is 17.7 Å². The summed E-state index contributed by atoms with van der Waals surface area (Å²) in [5.41, 5.74) is 6.68. The van der Waals surface area contributed by atoms with Crippen LogP contribution in [0.5, 0.6) is 0 Å². The number of rotatable bonds is 10. The highest BCUT2D eigenvalue weighted by molar-refractivity contribution is 5.69. The predicted molar refractivity (Wildman–Crippen MR) is 84.0 cm³/mol. The average Bonchev–Trinajstić information content (AvgIpc) is 2.46. The van der Waals surface area contributed by atoms with Crippen LogP contribution < -0.4 is 11.1 Å². The summed E-state index contributed by atoms with van der Waals surface area (Å²) in [5, 5.41) is 3.30. The summed E-state index contributed by atoms with van der Waals surface area (Å²) < 4.78 is 4.91. The van der Waals surface area contributed by atoms with E-state index in [1.54, 1.807) is 6.20 Å². The first-order valence-electron chi connectivity index (χ1n) is 7.68. The molecule has 21 heavy (non-hydrogen) atoms. The molecule has 0 bridgehead atoms. The van der Waals surface area contributed by atoms with Crippen molar-refractivity contribution < 1.29 is 9.53 Å². The molecule has 1 heterocycles. The molecule has 6 nitrogen and oxygen atoms in total. The second-order valence-corrected chi connectivity index (χ2v) is 4.89. The van der Waals surface area contributed by atoms with Gasteiger partial charge >= 0.3 is 5.97 Å². The highest BCUT2D eigenvalue weighted by Gasteiger charge is 2.07. The van der Waals surface area contributed by atoms with Gasteiger partial charge in [-0.05, 0) is 32.6 Å². The summed E-state index contributed by atoms with van der Waals surface area (Å²) >= 11 is 0. The largest absolute Gasteiger partial charge is 0.466 e. The van der Waals surface area contributed by atoms with Gasteiger partial charge in [0.2, 0.25) is 5.95 Å². The zero-order valence-electron chi connectivity index (χ0n) is 13.0. The minimum atomic E-state index is -0.132. The van der Waals surface area contributed by atoms with Gasteiger partial charge in [0, 0.05) is 24.7 Å². The van der Waals surface area contributed by atoms with Gasteiger partial charge in [0.05, 0.1) is 6.61 Å². The molecule has 0 aromatic carbocycles. The number of hydrogen-bond donors (Lipinski definition) is 2. The quantitative estimate of drug-likeness (QED) is 0.509. The smallest absolute Gasteiger partial charge is 0.305 e. The molecular weight excluding hydrogens is 268 g/mol. The van der Waals surface area contributed by atoms with Gasteiger partial charge in [-0.25, -0.2) is 4.98 Å². The van der Waals surface area contributed by atoms with E-state index in [9.17, 15) is 4.79 Å². The monoisotopic (exact) mass is 294 g/mol. The van der Waals surface area contributed by atoms with Crippen LogP contribution in [0.2, 0.25) is 0 Å². The molecule has 0 atom stereocenters. The normalized spacial score (nSPS) is 10.4. The van der Waals surface area contributed by atoms with Gasteiger partial charge in [0.1, 0.15) is 5.82 Å². The topological polar surface area (TPSA) is 90.1 Å². The van der Waals surface area contributed by atoms with E-state index in [-0.39, 0.29) is 11.9 Å². The second kappa shape index (κ2) is 9.96. The number of nitrogens with one attached hydrogen (secondary N) is 1. The third-order valence-corrected chi connectivity index (χ3v) is 3.09. The van der Waals surface area contributed by atoms with Gasteiger partial charge in [-0.3, -0.25) is 4.79 Å². The van der Waals surface area contributed by atoms with Crippen LogP contribution in [0, 0.1) is 0 Å². The Kier molecular flexibility index (Phi) is 8.16. The van der Waals surface area contributed by atoms with E-state index < -0.39 is 0 Å². The third kappa shape index (κ3) is 6.92. The van der Waals surface area contributed by atoms with Crippen LogP contribution in [0.15, 0.2) is 6.20 Å². The molecule has 1 aromatic rings. The molecule has 0 saturated heterocycles. The Hall–Kier alpha value is -1.85. The molecule has 0 aliphatic heterocycles. The van der Waals surface area contributed by atoms with Crippen LogP contribution in [0.1, 0.15) is 51.5 Å². The van der Waals surface area contributed by atoms with Crippen molar-refractivity contribution in [1.29, 1.82) is 0 Å². The predicted octanol–water partition coefficient (Wildman–Crippen LogP) is 2.55. The summed E-state index contributed by atoms with van der Waals surface area (Å²) in [6.07, 6.45) is 6.97. The number of carbonyl (C=O) groups is 1. The lowest BCUT2D eigenvalue weighted by atomic mass is 10.1. The first kappa shape index (κ1) is 17.2. The van der Waals surface area contributed by atoms with Crippen molar-refractivity contribution in [3.63, 3.8) is 0 Å². The van der Waals surface area contributed by atoms with Gasteiger partial charge in [-0.2, -0.15) is 4.98 Å². The second-order valence-electron chi connectivity index (χ2n) is 4.89. The molecule has 0 spiro atoms. The number of nitrogens with zero attached hydrogens (tertiary/aromatic N) is 2. The zero-order chi connectivity index (χ0) is 15.5. The number of aryl methyl sites for hydroxylation is 1. The Balaban J connectivity index is 2.44. The van der Waals surface area contributed by atoms with Crippen LogP contribution in [0.4, 0.5) is 11.8 Å². The number of anilines is 2. The molecule has 3 N–H and O–H groups in total. The minimum Gasteiger partial charge on any atom is -0.466 e. The fourth-order valence-corrected chi connectivity index (χ4v) is 1.96. The van der Waals surface area contributed by atoms with Crippen molar-refractivity contribution in [2.45, 2.75) is 52.4 Å². The van der Waals surface area contributed by atoms with Crippen LogP contribution in [0.25, 0.3) is 0 Å². The molecule has 0 radical (unpaired) electrons. The molecule has 6 heteroatoms. The van der Waals surface area contributed by atoms with E-state index in [0.717, 1.165) is 50.0 Å². The van der Waals surface area contributed by atoms with Crippen LogP contribution in [-0.2, 0) is 16.0 Å². The number of unbranched alkanes of at least 4 members (excludes halogenated alkanes) is 2. The molecule has 0 fully saturated rings. The Morgan fingerprint density at radius 1 is 1.33 bits per heavy atom. The van der Waals surface area contributed by atoms with Gasteiger partial charge in [0.15, 0.2) is 0 Å². The zero-order valence-corrected chi connectivity index (χ0v) is 13.0. The fourth-order valence-electron chi connectivity index (χ4n) is 1.96. The fraction of sp³-hybridized carbons (Fsp3) is 0.667. The molecule has 0 amide bonds. The van der Waals surface area contributed by atoms with Gasteiger partial charge in [0.25, 0.3) is 0 Å². The Morgan fingerprint density at radius 3 is 2.86 bits per heavy atom. The lowest BCUT2D eigenvalue weighted by Crippen LogP contribution is -2.09. The van der Waals surface area contributed by atoms with Crippen LogP contribution in [0.3, 0.4) is 0 Å². The van der Waals surface area contributed by atoms with Gasteiger partial charge in [-0.15, -0.1) is 0 Å². The minimum absolute atomic E-state index is 0.132. The first-order valence-corrected chi connectivity index (χ1v) is 7.68. The molecule has 1 rings (SSSR count). The van der Waals surface area contributed by atoms with Crippen LogP contribution in [-0.4, -0.2) is 29.1 Å². The van der Waals surface area contributed by atoms with E-state index in [1.807, 2.05) is 6.92 Å². The number of nitrogens with two attached hydrogens (primary N) is 1. The van der Waals surface area contributed by atoms with Crippen molar-refractivity contribution in [1.82, 2.24) is 9.97 Å². The van der Waals surface area contributed by atoms with Crippen molar-refractivity contribution in [3.8, 4) is 0 Å². The highest BCUT2D eigenvalue weighted by atomic mass is 16.5. The van der Waals surface area contributed by atoms with Crippen molar-refractivity contribution in [3.05, 3.63) is 11.8 Å². The number of carbonyl (C=O) groups excluding carboxylic acids is 1. The maximum absolute atomic E-state index is 11.3. The summed E-state index contributed by atoms with van der Waals surface area (Å²) in [6.45, 7) is 5.28. The molecule has 0 saturated carbocycles. The standard InChI is InChI=1S/C15H26N4O2/c1-3-5-10-17-14-12(11-18-15(16)19-14)8-6-7-9-13(20)21-4-2/h11H,3-10H2,1-2H3,(H3,16,17,18,19). The molecule has 0 aliphatic carbocycles. The Morgan fingerprint density at radius 2 is 2.14 bits per heavy atom. The van der Waals surface area contributed by atoms with E-state index in [4.69, 9.17) is 10.5 Å². The first-order chi connectivity index (χ1) is 10.2. The Bertz CT molecular complexity index is 438. The number of aromatic nitrogens is 2. The lowest BCUT2D eigenvalue weighted by molar-refractivity contribution is -0.143. The van der Waals surface area contributed by atoms with E-state index in [1.165, 1.54) is 0 Å². The van der Waals surface area contributed by atoms with E-state index in [2.05, 4.69) is 22.2 Å². The van der Waals surface area contributed by atoms with Crippen LogP contribution >= 0.6 is 0 Å². The summed E-state index contributed by atoms with van der Waals surface area (Å²) in [6, 6.07) is 0. The van der Waals surface area contributed by atoms with E-state index in [0.29, 0.717) is 13.0 Å².